The second-order valence-corrected chi connectivity index (χ2v) is 5.49. The molecule has 118 valence electrons. The molecule has 1 rings (SSSR count). The number of nitrogens with two attached hydrogens (primary N) is 1. The van der Waals surface area contributed by atoms with Gasteiger partial charge in [0.2, 0.25) is 10.0 Å². The molecule has 0 heterocycles. The Labute approximate surface area is 121 Å². The first-order chi connectivity index (χ1) is 9.86. The molecule has 0 aromatic heterocycles. The molecule has 2 N–H and O–H groups in total. The van der Waals surface area contributed by atoms with E-state index < -0.39 is 27.4 Å². The molecule has 0 spiro atoms. The lowest BCUT2D eigenvalue weighted by Gasteiger charge is -2.07. The molecule has 0 aliphatic heterocycles. The number of carbonyl (C=O) groups excluding carboxylic acids is 1. The summed E-state index contributed by atoms with van der Waals surface area (Å²) in [4.78, 5) is 11.3. The van der Waals surface area contributed by atoms with E-state index in [0.717, 1.165) is 18.2 Å². The van der Waals surface area contributed by atoms with Crippen LogP contribution >= 0.6 is 0 Å². The minimum absolute atomic E-state index is 0.0956. The fourth-order valence-corrected chi connectivity index (χ4v) is 1.89. The van der Waals surface area contributed by atoms with E-state index in [1.54, 1.807) is 0 Å². The number of primary sulfonamides is 1. The van der Waals surface area contributed by atoms with Gasteiger partial charge in [-0.1, -0.05) is 0 Å². The van der Waals surface area contributed by atoms with Crippen molar-refractivity contribution >= 4 is 16.0 Å². The van der Waals surface area contributed by atoms with Crippen molar-refractivity contribution in [2.24, 2.45) is 5.14 Å². The van der Waals surface area contributed by atoms with Gasteiger partial charge in [-0.3, -0.25) is 0 Å². The highest BCUT2D eigenvalue weighted by atomic mass is 32.2. The monoisotopic (exact) mass is 321 g/mol. The largest absolute Gasteiger partial charge is 0.460 e. The maximum Gasteiger partial charge on any atom is 0.341 e. The number of hydrogen-bond donors (Lipinski definition) is 1. The van der Waals surface area contributed by atoms with Crippen molar-refractivity contribution in [3.05, 3.63) is 29.6 Å². The number of sulfonamides is 1. The number of benzene rings is 1. The third-order valence-corrected chi connectivity index (χ3v) is 3.29. The van der Waals surface area contributed by atoms with Gasteiger partial charge in [-0.2, -0.15) is 0 Å². The lowest BCUT2D eigenvalue weighted by Crippen LogP contribution is -2.16. The van der Waals surface area contributed by atoms with Gasteiger partial charge in [0.15, 0.2) is 0 Å². The second-order valence-electron chi connectivity index (χ2n) is 3.93. The van der Waals surface area contributed by atoms with Crippen LogP contribution in [0.25, 0.3) is 0 Å². The summed E-state index contributed by atoms with van der Waals surface area (Å²) >= 11 is 0. The van der Waals surface area contributed by atoms with Crippen LogP contribution < -0.4 is 5.14 Å². The summed E-state index contributed by atoms with van der Waals surface area (Å²) in [6.45, 7) is 0.759. The molecule has 0 radical (unpaired) electrons. The van der Waals surface area contributed by atoms with Crippen LogP contribution in [0.4, 0.5) is 4.39 Å². The van der Waals surface area contributed by atoms with E-state index in [0.29, 0.717) is 13.2 Å². The zero-order chi connectivity index (χ0) is 15.9. The molecule has 0 atom stereocenters. The molecule has 1 aromatic rings. The van der Waals surface area contributed by atoms with Crippen LogP contribution in [0.5, 0.6) is 0 Å². The zero-order valence-electron chi connectivity index (χ0n) is 11.4. The van der Waals surface area contributed by atoms with Gasteiger partial charge in [-0.25, -0.2) is 22.7 Å². The summed E-state index contributed by atoms with van der Waals surface area (Å²) < 4.78 is 50.4. The van der Waals surface area contributed by atoms with E-state index in [4.69, 9.17) is 19.3 Å². The highest BCUT2D eigenvalue weighted by Crippen LogP contribution is 2.15. The van der Waals surface area contributed by atoms with Crippen LogP contribution in [0.15, 0.2) is 23.1 Å². The first-order valence-corrected chi connectivity index (χ1v) is 7.47. The van der Waals surface area contributed by atoms with Crippen molar-refractivity contribution in [3.8, 4) is 0 Å². The van der Waals surface area contributed by atoms with Crippen molar-refractivity contribution in [3.63, 3.8) is 0 Å². The number of rotatable bonds is 8. The maximum absolute atomic E-state index is 13.5. The summed E-state index contributed by atoms with van der Waals surface area (Å²) in [6.07, 6.45) is 0. The number of carbonyl (C=O) groups is 1. The maximum atomic E-state index is 13.5. The number of methoxy groups -OCH3 is 1. The Morgan fingerprint density at radius 2 is 1.90 bits per heavy atom. The topological polar surface area (TPSA) is 105 Å². The molecular weight excluding hydrogens is 305 g/mol. The van der Waals surface area contributed by atoms with Crippen molar-refractivity contribution in [2.45, 2.75) is 4.90 Å². The molecule has 0 bridgehead atoms. The van der Waals surface area contributed by atoms with Crippen LogP contribution in [0.2, 0.25) is 0 Å². The van der Waals surface area contributed by atoms with Crippen molar-refractivity contribution in [1.82, 2.24) is 0 Å². The highest BCUT2D eigenvalue weighted by Gasteiger charge is 2.17. The molecule has 0 amide bonds. The smallest absolute Gasteiger partial charge is 0.341 e. The van der Waals surface area contributed by atoms with Gasteiger partial charge in [0.05, 0.1) is 30.3 Å². The van der Waals surface area contributed by atoms with Crippen LogP contribution in [-0.4, -0.2) is 47.9 Å². The minimum atomic E-state index is -4.02. The van der Waals surface area contributed by atoms with Gasteiger partial charge in [0.25, 0.3) is 0 Å². The Kier molecular flexibility index (Phi) is 6.69. The molecule has 0 saturated carbocycles. The Bertz CT molecular complexity index is 589. The molecular formula is C12H16FNO6S. The Morgan fingerprint density at radius 1 is 1.24 bits per heavy atom. The van der Waals surface area contributed by atoms with Gasteiger partial charge >= 0.3 is 5.97 Å². The van der Waals surface area contributed by atoms with Crippen LogP contribution in [0.3, 0.4) is 0 Å². The zero-order valence-corrected chi connectivity index (χ0v) is 12.2. The highest BCUT2D eigenvalue weighted by molar-refractivity contribution is 7.89. The third kappa shape index (κ3) is 5.76. The molecule has 0 aliphatic carbocycles. The second kappa shape index (κ2) is 8.03. The van der Waals surface area contributed by atoms with Crippen molar-refractivity contribution < 1.29 is 31.8 Å². The minimum Gasteiger partial charge on any atom is -0.460 e. The molecule has 21 heavy (non-hydrogen) atoms. The Balaban J connectivity index is 2.62. The standard InChI is InChI=1S/C12H16FNO6S/c1-18-4-5-19-6-7-20-12(15)10-8-9(21(14,16)17)2-3-11(10)13/h2-3,8H,4-7H2,1H3,(H2,14,16,17). The third-order valence-electron chi connectivity index (χ3n) is 2.38. The summed E-state index contributed by atoms with van der Waals surface area (Å²) in [5.41, 5.74) is -0.501. The van der Waals surface area contributed by atoms with Gasteiger partial charge < -0.3 is 14.2 Å². The molecule has 0 saturated heterocycles. The average molecular weight is 321 g/mol. The van der Waals surface area contributed by atoms with E-state index in [2.05, 4.69) is 0 Å². The van der Waals surface area contributed by atoms with Crippen LogP contribution in [-0.2, 0) is 24.2 Å². The Hall–Kier alpha value is -1.55. The lowest BCUT2D eigenvalue weighted by atomic mass is 10.2. The number of esters is 1. The first-order valence-electron chi connectivity index (χ1n) is 5.92. The molecule has 0 aliphatic rings. The first kappa shape index (κ1) is 17.5. The molecule has 0 fully saturated rings. The fourth-order valence-electron chi connectivity index (χ4n) is 1.35. The van der Waals surface area contributed by atoms with Crippen molar-refractivity contribution in [1.29, 1.82) is 0 Å². The van der Waals surface area contributed by atoms with Crippen LogP contribution in [0, 0.1) is 5.82 Å². The molecule has 0 unspecified atom stereocenters. The van der Waals surface area contributed by atoms with Gasteiger partial charge in [-0.05, 0) is 18.2 Å². The summed E-state index contributed by atoms with van der Waals surface area (Å²) in [5.74, 6) is -1.89. The predicted molar refractivity (Wildman–Crippen MR) is 70.8 cm³/mol. The number of ether oxygens (including phenoxy) is 3. The lowest BCUT2D eigenvalue weighted by molar-refractivity contribution is 0.0210. The van der Waals surface area contributed by atoms with Gasteiger partial charge in [-0.15, -0.1) is 0 Å². The van der Waals surface area contributed by atoms with E-state index in [1.165, 1.54) is 7.11 Å². The Morgan fingerprint density at radius 3 is 2.52 bits per heavy atom. The average Bonchev–Trinajstić information content (AvgIpc) is 2.41. The van der Waals surface area contributed by atoms with E-state index in [1.807, 2.05) is 0 Å². The summed E-state index contributed by atoms with van der Waals surface area (Å²) in [7, 11) is -2.51. The molecule has 9 heteroatoms. The van der Waals surface area contributed by atoms with Gasteiger partial charge in [0, 0.05) is 7.11 Å². The molecule has 1 aromatic carbocycles. The van der Waals surface area contributed by atoms with E-state index in [9.17, 15) is 17.6 Å². The van der Waals surface area contributed by atoms with E-state index in [-0.39, 0.29) is 18.1 Å². The summed E-state index contributed by atoms with van der Waals surface area (Å²) in [6, 6.07) is 2.64. The van der Waals surface area contributed by atoms with Crippen molar-refractivity contribution in [2.75, 3.05) is 33.5 Å². The van der Waals surface area contributed by atoms with Gasteiger partial charge in [0.1, 0.15) is 12.4 Å². The van der Waals surface area contributed by atoms with E-state index >= 15 is 0 Å². The molecule has 7 nitrogen and oxygen atoms in total. The number of hydrogen-bond acceptors (Lipinski definition) is 6. The normalized spacial score (nSPS) is 11.4. The fraction of sp³-hybridized carbons (Fsp3) is 0.417. The quantitative estimate of drug-likeness (QED) is 0.545. The SMILES string of the molecule is COCCOCCOC(=O)c1cc(S(N)(=O)=O)ccc1F. The predicted octanol–water partition coefficient (Wildman–Crippen LogP) is 0.293. The summed E-state index contributed by atoms with van der Waals surface area (Å²) in [5, 5.41) is 4.91. The van der Waals surface area contributed by atoms with Crippen LogP contribution in [0.1, 0.15) is 10.4 Å². The number of halogens is 1.